The van der Waals surface area contributed by atoms with Gasteiger partial charge in [-0.05, 0) is 49.4 Å². The van der Waals surface area contributed by atoms with E-state index in [0.29, 0.717) is 6.42 Å². The topological polar surface area (TPSA) is 26.3 Å². The van der Waals surface area contributed by atoms with Crippen LogP contribution in [0.3, 0.4) is 0 Å². The number of carbonyl (C=O) groups excluding carboxylic acids is 1. The fourth-order valence-corrected chi connectivity index (χ4v) is 4.62. The van der Waals surface area contributed by atoms with Crippen LogP contribution in [0.15, 0.2) is 0 Å². The number of rotatable bonds is 13. The van der Waals surface area contributed by atoms with Crippen LogP contribution in [0, 0.1) is 23.7 Å². The Balaban J connectivity index is 1.36. The molecule has 0 N–H and O–H groups in total. The van der Waals surface area contributed by atoms with E-state index in [0.717, 1.165) is 42.9 Å². The highest BCUT2D eigenvalue weighted by Crippen LogP contribution is 2.56. The molecule has 0 aromatic rings. The first-order valence-corrected chi connectivity index (χ1v) is 10.7. The van der Waals surface area contributed by atoms with E-state index in [1.165, 1.54) is 57.8 Å². The monoisotopic (exact) mass is 376 g/mol. The Morgan fingerprint density at radius 2 is 1.58 bits per heavy atom. The quantitative estimate of drug-likeness (QED) is 0.255. The van der Waals surface area contributed by atoms with Crippen molar-refractivity contribution in [2.45, 2.75) is 103 Å². The van der Waals surface area contributed by atoms with Crippen molar-refractivity contribution in [3.05, 3.63) is 0 Å². The Morgan fingerprint density at radius 3 is 2.27 bits per heavy atom. The molecule has 0 radical (unpaired) electrons. The van der Waals surface area contributed by atoms with Gasteiger partial charge in [0.05, 0.1) is 0 Å². The third-order valence-corrected chi connectivity index (χ3v) is 6.26. The van der Waals surface area contributed by atoms with Crippen molar-refractivity contribution in [1.29, 1.82) is 0 Å². The Morgan fingerprint density at radius 1 is 0.923 bits per heavy atom. The van der Waals surface area contributed by atoms with Crippen LogP contribution < -0.4 is 0 Å². The molecular weight excluding hydrogens is 341 g/mol. The predicted molar refractivity (Wildman–Crippen MR) is 96.4 cm³/mol. The molecule has 0 aromatic heterocycles. The molecule has 2 saturated carbocycles. The molecule has 2 nitrogen and oxygen atoms in total. The van der Waals surface area contributed by atoms with Crippen molar-refractivity contribution < 1.29 is 22.7 Å². The number of halogens is 3. The lowest BCUT2D eigenvalue weighted by Crippen LogP contribution is -2.25. The van der Waals surface area contributed by atoms with Gasteiger partial charge in [0.25, 0.3) is 0 Å². The lowest BCUT2D eigenvalue weighted by atomic mass is 9.69. The lowest BCUT2D eigenvalue weighted by molar-refractivity contribution is -0.305. The first-order valence-electron chi connectivity index (χ1n) is 10.7. The average Bonchev–Trinajstić information content (AvgIpc) is 3.25. The van der Waals surface area contributed by atoms with E-state index in [1.807, 2.05) is 0 Å². The third-order valence-electron chi connectivity index (χ3n) is 6.26. The molecule has 2 aliphatic carbocycles. The molecule has 2 fully saturated rings. The van der Waals surface area contributed by atoms with Crippen LogP contribution in [-0.2, 0) is 9.53 Å². The smallest absolute Gasteiger partial charge is 0.373 e. The summed E-state index contributed by atoms with van der Waals surface area (Å²) in [4.78, 5) is 10.9. The summed E-state index contributed by atoms with van der Waals surface area (Å²) in [5.74, 6) is 2.84. The van der Waals surface area contributed by atoms with Gasteiger partial charge in [-0.2, -0.15) is 0 Å². The summed E-state index contributed by atoms with van der Waals surface area (Å²) >= 11 is 0. The van der Waals surface area contributed by atoms with E-state index >= 15 is 0 Å². The molecule has 5 heteroatoms. The SMILES string of the molecule is CCCCCC1CC1C1CC(CCCCCCCC(=O)OC(F)(F)F)C1. The molecule has 0 heterocycles. The van der Waals surface area contributed by atoms with Gasteiger partial charge in [-0.25, -0.2) is 0 Å². The number of carbonyl (C=O) groups is 1. The Hall–Kier alpha value is -0.740. The second-order valence-electron chi connectivity index (χ2n) is 8.48. The van der Waals surface area contributed by atoms with Crippen molar-refractivity contribution in [3.8, 4) is 0 Å². The molecule has 0 aromatic carbocycles. The Bertz CT molecular complexity index is 416. The van der Waals surface area contributed by atoms with Crippen LogP contribution in [0.25, 0.3) is 0 Å². The van der Waals surface area contributed by atoms with Gasteiger partial charge in [0.2, 0.25) is 0 Å². The van der Waals surface area contributed by atoms with Gasteiger partial charge in [-0.15, -0.1) is 13.2 Å². The molecule has 0 spiro atoms. The highest BCUT2D eigenvalue weighted by atomic mass is 19.4. The van der Waals surface area contributed by atoms with Crippen LogP contribution in [0.5, 0.6) is 0 Å². The summed E-state index contributed by atoms with van der Waals surface area (Å²) in [5, 5.41) is 0. The van der Waals surface area contributed by atoms with Gasteiger partial charge in [0.15, 0.2) is 0 Å². The van der Waals surface area contributed by atoms with Crippen LogP contribution in [-0.4, -0.2) is 12.3 Å². The minimum atomic E-state index is -4.84. The molecule has 152 valence electrons. The Kier molecular flexibility index (Phi) is 8.75. The van der Waals surface area contributed by atoms with Crippen molar-refractivity contribution in [2.24, 2.45) is 23.7 Å². The maximum absolute atomic E-state index is 11.8. The van der Waals surface area contributed by atoms with E-state index < -0.39 is 12.3 Å². The molecule has 0 bridgehead atoms. The normalized spacial score (nSPS) is 27.8. The molecule has 0 amide bonds. The zero-order chi connectivity index (χ0) is 19.0. The number of unbranched alkanes of at least 4 members (excludes halogenated alkanes) is 6. The van der Waals surface area contributed by atoms with E-state index in [-0.39, 0.29) is 6.42 Å². The minimum absolute atomic E-state index is 0.134. The van der Waals surface area contributed by atoms with Crippen LogP contribution >= 0.6 is 0 Å². The van der Waals surface area contributed by atoms with Gasteiger partial charge in [-0.1, -0.05) is 64.7 Å². The van der Waals surface area contributed by atoms with Crippen molar-refractivity contribution >= 4 is 5.97 Å². The predicted octanol–water partition coefficient (Wildman–Crippen LogP) is 7.02. The molecule has 0 aliphatic heterocycles. The van der Waals surface area contributed by atoms with Crippen molar-refractivity contribution in [3.63, 3.8) is 0 Å². The second-order valence-corrected chi connectivity index (χ2v) is 8.48. The third kappa shape index (κ3) is 8.30. The largest absolute Gasteiger partial charge is 0.575 e. The van der Waals surface area contributed by atoms with Crippen molar-refractivity contribution in [1.82, 2.24) is 0 Å². The number of hydrogen-bond donors (Lipinski definition) is 0. The maximum Gasteiger partial charge on any atom is 0.575 e. The summed E-state index contributed by atoms with van der Waals surface area (Å²) in [6.07, 6.45) is 10.9. The first kappa shape index (κ1) is 21.6. The van der Waals surface area contributed by atoms with Gasteiger partial charge in [-0.3, -0.25) is 4.79 Å². The standard InChI is InChI=1S/C21H35F3O2/c1-2-3-7-11-17-15-19(17)18-13-16(14-18)10-8-5-4-6-9-12-20(25)26-21(22,23)24/h16-19H,2-15H2,1H3. The van der Waals surface area contributed by atoms with E-state index in [2.05, 4.69) is 11.7 Å². The molecule has 26 heavy (non-hydrogen) atoms. The average molecular weight is 377 g/mol. The number of hydrogen-bond acceptors (Lipinski definition) is 2. The number of ether oxygens (including phenoxy) is 1. The summed E-state index contributed by atoms with van der Waals surface area (Å²) in [6, 6.07) is 0. The highest BCUT2D eigenvalue weighted by molar-refractivity contribution is 5.69. The highest BCUT2D eigenvalue weighted by Gasteiger charge is 2.46. The zero-order valence-corrected chi connectivity index (χ0v) is 16.2. The fraction of sp³-hybridized carbons (Fsp3) is 0.952. The Labute approximate surface area is 156 Å². The van der Waals surface area contributed by atoms with Gasteiger partial charge in [0, 0.05) is 6.42 Å². The molecule has 2 unspecified atom stereocenters. The summed E-state index contributed by atoms with van der Waals surface area (Å²) in [5.41, 5.74) is 0. The van der Waals surface area contributed by atoms with Crippen molar-refractivity contribution in [2.75, 3.05) is 0 Å². The summed E-state index contributed by atoms with van der Waals surface area (Å²) in [6.45, 7) is 2.27. The number of alkyl halides is 3. The van der Waals surface area contributed by atoms with Crippen LogP contribution in [0.4, 0.5) is 13.2 Å². The second kappa shape index (κ2) is 10.6. The zero-order valence-electron chi connectivity index (χ0n) is 16.2. The van der Waals surface area contributed by atoms with Crippen LogP contribution in [0.1, 0.15) is 96.8 Å². The van der Waals surface area contributed by atoms with E-state index in [4.69, 9.17) is 0 Å². The van der Waals surface area contributed by atoms with Gasteiger partial charge >= 0.3 is 12.3 Å². The lowest BCUT2D eigenvalue weighted by Gasteiger charge is -2.36. The van der Waals surface area contributed by atoms with Gasteiger partial charge < -0.3 is 4.74 Å². The maximum atomic E-state index is 11.8. The minimum Gasteiger partial charge on any atom is -0.373 e. The fourth-order valence-electron chi connectivity index (χ4n) is 4.62. The van der Waals surface area contributed by atoms with E-state index in [1.54, 1.807) is 0 Å². The number of esters is 1. The summed E-state index contributed by atoms with van der Waals surface area (Å²) < 4.78 is 38.8. The summed E-state index contributed by atoms with van der Waals surface area (Å²) in [7, 11) is 0. The first-order chi connectivity index (χ1) is 12.4. The molecule has 2 rings (SSSR count). The molecule has 2 atom stereocenters. The molecule has 2 aliphatic rings. The van der Waals surface area contributed by atoms with Crippen LogP contribution in [0.2, 0.25) is 0 Å². The van der Waals surface area contributed by atoms with E-state index in [9.17, 15) is 18.0 Å². The molecule has 0 saturated heterocycles. The van der Waals surface area contributed by atoms with Gasteiger partial charge in [0.1, 0.15) is 0 Å². The molecular formula is C21H35F3O2.